The van der Waals surface area contributed by atoms with Crippen molar-refractivity contribution in [2.45, 2.75) is 31.5 Å². The van der Waals surface area contributed by atoms with Crippen molar-refractivity contribution in [3.05, 3.63) is 0 Å². The van der Waals surface area contributed by atoms with Gasteiger partial charge in [-0.25, -0.2) is 0 Å². The molecule has 15 heavy (non-hydrogen) atoms. The third-order valence-corrected chi connectivity index (χ3v) is 4.18. The molecule has 2 aliphatic rings. The van der Waals surface area contributed by atoms with Gasteiger partial charge in [-0.05, 0) is 44.7 Å². The SMILES string of the molecule is CO[C@H]1C[C@H]2CCN(C)C[C@H]2C[C@H]1OC. The van der Waals surface area contributed by atoms with Gasteiger partial charge in [0.05, 0.1) is 12.2 Å². The van der Waals surface area contributed by atoms with Crippen LogP contribution in [-0.2, 0) is 9.47 Å². The smallest absolute Gasteiger partial charge is 0.0836 e. The molecule has 1 heterocycles. The lowest BCUT2D eigenvalue weighted by Crippen LogP contribution is -2.48. The summed E-state index contributed by atoms with van der Waals surface area (Å²) in [5.74, 6) is 1.68. The van der Waals surface area contributed by atoms with Gasteiger partial charge in [0.15, 0.2) is 0 Å². The van der Waals surface area contributed by atoms with E-state index >= 15 is 0 Å². The Balaban J connectivity index is 1.99. The number of fused-ring (bicyclic) bond motifs is 1. The minimum atomic E-state index is 0.308. The second-order valence-electron chi connectivity index (χ2n) is 5.09. The summed E-state index contributed by atoms with van der Waals surface area (Å²) in [4.78, 5) is 2.45. The molecule has 88 valence electrons. The quantitative estimate of drug-likeness (QED) is 0.691. The molecule has 1 saturated carbocycles. The van der Waals surface area contributed by atoms with Crippen LogP contribution < -0.4 is 0 Å². The molecule has 0 N–H and O–H groups in total. The molecule has 0 bridgehead atoms. The number of piperidine rings is 1. The van der Waals surface area contributed by atoms with E-state index in [4.69, 9.17) is 9.47 Å². The first-order chi connectivity index (χ1) is 7.24. The third-order valence-electron chi connectivity index (χ3n) is 4.18. The first-order valence-corrected chi connectivity index (χ1v) is 5.98. The van der Waals surface area contributed by atoms with Crippen molar-refractivity contribution in [2.24, 2.45) is 11.8 Å². The number of rotatable bonds is 2. The largest absolute Gasteiger partial charge is 0.379 e. The highest BCUT2D eigenvalue weighted by molar-refractivity contribution is 4.90. The summed E-state index contributed by atoms with van der Waals surface area (Å²) in [6.45, 7) is 2.48. The zero-order valence-corrected chi connectivity index (χ0v) is 10.1. The molecule has 1 saturated heterocycles. The second-order valence-corrected chi connectivity index (χ2v) is 5.09. The average molecular weight is 213 g/mol. The van der Waals surface area contributed by atoms with E-state index in [0.717, 1.165) is 11.8 Å². The fraction of sp³-hybridized carbons (Fsp3) is 1.00. The van der Waals surface area contributed by atoms with Crippen molar-refractivity contribution >= 4 is 0 Å². The van der Waals surface area contributed by atoms with Gasteiger partial charge in [-0.1, -0.05) is 0 Å². The van der Waals surface area contributed by atoms with Gasteiger partial charge >= 0.3 is 0 Å². The van der Waals surface area contributed by atoms with Crippen LogP contribution in [0, 0.1) is 11.8 Å². The summed E-state index contributed by atoms with van der Waals surface area (Å²) in [5.41, 5.74) is 0. The Morgan fingerprint density at radius 1 is 1.00 bits per heavy atom. The minimum absolute atomic E-state index is 0.308. The minimum Gasteiger partial charge on any atom is -0.379 e. The lowest BCUT2D eigenvalue weighted by molar-refractivity contribution is -0.0985. The molecule has 0 unspecified atom stereocenters. The Hall–Kier alpha value is -0.120. The Bertz CT molecular complexity index is 210. The van der Waals surface area contributed by atoms with Gasteiger partial charge < -0.3 is 14.4 Å². The van der Waals surface area contributed by atoms with Crippen LogP contribution in [0.25, 0.3) is 0 Å². The van der Waals surface area contributed by atoms with Crippen LogP contribution in [0.2, 0.25) is 0 Å². The first-order valence-electron chi connectivity index (χ1n) is 5.98. The maximum Gasteiger partial charge on any atom is 0.0836 e. The molecule has 0 amide bonds. The van der Waals surface area contributed by atoms with Gasteiger partial charge in [0.25, 0.3) is 0 Å². The molecular weight excluding hydrogens is 190 g/mol. The van der Waals surface area contributed by atoms with Gasteiger partial charge in [-0.15, -0.1) is 0 Å². The molecule has 2 rings (SSSR count). The number of hydrogen-bond donors (Lipinski definition) is 0. The van der Waals surface area contributed by atoms with Crippen LogP contribution >= 0.6 is 0 Å². The van der Waals surface area contributed by atoms with Gasteiger partial charge in [0, 0.05) is 20.8 Å². The van der Waals surface area contributed by atoms with Gasteiger partial charge in [-0.2, -0.15) is 0 Å². The molecule has 2 fully saturated rings. The van der Waals surface area contributed by atoms with Crippen LogP contribution in [0.5, 0.6) is 0 Å². The topological polar surface area (TPSA) is 21.7 Å². The molecule has 0 aromatic heterocycles. The van der Waals surface area contributed by atoms with E-state index in [9.17, 15) is 0 Å². The van der Waals surface area contributed by atoms with Crippen molar-refractivity contribution < 1.29 is 9.47 Å². The summed E-state index contributed by atoms with van der Waals surface area (Å²) in [7, 11) is 5.84. The molecule has 0 aromatic rings. The van der Waals surface area contributed by atoms with E-state index in [1.807, 2.05) is 14.2 Å². The van der Waals surface area contributed by atoms with Crippen LogP contribution in [0.3, 0.4) is 0 Å². The molecule has 1 aliphatic carbocycles. The van der Waals surface area contributed by atoms with Crippen molar-refractivity contribution in [3.8, 4) is 0 Å². The standard InChI is InChI=1S/C12H23NO2/c1-13-5-4-9-6-11(14-2)12(15-3)7-10(9)8-13/h9-12H,4-8H2,1-3H3/t9-,10-,11+,12-/m1/s1. The van der Waals surface area contributed by atoms with E-state index in [1.165, 1.54) is 32.4 Å². The lowest BCUT2D eigenvalue weighted by Gasteiger charge is -2.45. The Kier molecular flexibility index (Phi) is 3.65. The second kappa shape index (κ2) is 4.81. The molecule has 0 aromatic carbocycles. The molecule has 0 radical (unpaired) electrons. The Morgan fingerprint density at radius 2 is 1.60 bits per heavy atom. The predicted molar refractivity (Wildman–Crippen MR) is 59.9 cm³/mol. The summed E-state index contributed by atoms with van der Waals surface area (Å²) in [6.07, 6.45) is 4.32. The number of methoxy groups -OCH3 is 2. The summed E-state index contributed by atoms with van der Waals surface area (Å²) >= 11 is 0. The first kappa shape index (κ1) is 11.4. The molecular formula is C12H23NO2. The van der Waals surface area contributed by atoms with E-state index in [2.05, 4.69) is 11.9 Å². The number of likely N-dealkylation sites (tertiary alicyclic amines) is 1. The highest BCUT2D eigenvalue weighted by atomic mass is 16.5. The Labute approximate surface area is 92.7 Å². The monoisotopic (exact) mass is 213 g/mol. The van der Waals surface area contributed by atoms with E-state index in [0.29, 0.717) is 12.2 Å². The highest BCUT2D eigenvalue weighted by Gasteiger charge is 2.39. The normalized spacial score (nSPS) is 42.6. The summed E-state index contributed by atoms with van der Waals surface area (Å²) in [5, 5.41) is 0. The van der Waals surface area contributed by atoms with Crippen LogP contribution in [0.15, 0.2) is 0 Å². The molecule has 0 spiro atoms. The molecule has 1 aliphatic heterocycles. The van der Waals surface area contributed by atoms with Crippen LogP contribution in [0.1, 0.15) is 19.3 Å². The van der Waals surface area contributed by atoms with Crippen LogP contribution in [-0.4, -0.2) is 51.5 Å². The van der Waals surface area contributed by atoms with E-state index in [1.54, 1.807) is 0 Å². The number of hydrogen-bond acceptors (Lipinski definition) is 3. The molecule has 4 atom stereocenters. The summed E-state index contributed by atoms with van der Waals surface area (Å²) in [6, 6.07) is 0. The maximum absolute atomic E-state index is 5.54. The fourth-order valence-electron chi connectivity index (χ4n) is 3.24. The average Bonchev–Trinajstić information content (AvgIpc) is 2.27. The van der Waals surface area contributed by atoms with E-state index in [-0.39, 0.29) is 0 Å². The fourth-order valence-corrected chi connectivity index (χ4v) is 3.24. The molecule has 3 nitrogen and oxygen atoms in total. The van der Waals surface area contributed by atoms with Crippen LogP contribution in [0.4, 0.5) is 0 Å². The Morgan fingerprint density at radius 3 is 2.20 bits per heavy atom. The predicted octanol–water partition coefficient (Wildman–Crippen LogP) is 1.38. The number of ether oxygens (including phenoxy) is 2. The van der Waals surface area contributed by atoms with Gasteiger partial charge in [-0.3, -0.25) is 0 Å². The molecule has 3 heteroatoms. The van der Waals surface area contributed by atoms with Crippen molar-refractivity contribution in [1.82, 2.24) is 4.90 Å². The van der Waals surface area contributed by atoms with Gasteiger partial charge in [0.2, 0.25) is 0 Å². The number of nitrogens with zero attached hydrogens (tertiary/aromatic N) is 1. The van der Waals surface area contributed by atoms with Crippen molar-refractivity contribution in [1.29, 1.82) is 0 Å². The zero-order chi connectivity index (χ0) is 10.8. The third kappa shape index (κ3) is 2.35. The highest BCUT2D eigenvalue weighted by Crippen LogP contribution is 2.37. The maximum atomic E-state index is 5.54. The van der Waals surface area contributed by atoms with E-state index < -0.39 is 0 Å². The summed E-state index contributed by atoms with van der Waals surface area (Å²) < 4.78 is 11.1. The van der Waals surface area contributed by atoms with Gasteiger partial charge in [0.1, 0.15) is 0 Å². The van der Waals surface area contributed by atoms with Crippen molar-refractivity contribution in [3.63, 3.8) is 0 Å². The van der Waals surface area contributed by atoms with Crippen molar-refractivity contribution in [2.75, 3.05) is 34.4 Å². The lowest BCUT2D eigenvalue weighted by atomic mass is 9.73. The zero-order valence-electron chi connectivity index (χ0n) is 10.1.